The Labute approximate surface area is 160 Å². The van der Waals surface area contributed by atoms with Gasteiger partial charge in [-0.3, -0.25) is 0 Å². The van der Waals surface area contributed by atoms with Crippen LogP contribution in [0.3, 0.4) is 0 Å². The molecule has 1 aliphatic carbocycles. The Kier molecular flexibility index (Phi) is 4.20. The highest BCUT2D eigenvalue weighted by atomic mass is 15.3. The lowest BCUT2D eigenvalue weighted by molar-refractivity contribution is 0.222. The van der Waals surface area contributed by atoms with Crippen molar-refractivity contribution in [3.8, 4) is 5.69 Å². The van der Waals surface area contributed by atoms with Crippen LogP contribution in [0.4, 0.5) is 5.69 Å². The monoisotopic (exact) mass is 359 g/mol. The van der Waals surface area contributed by atoms with Gasteiger partial charge < -0.3 is 20.1 Å². The van der Waals surface area contributed by atoms with Crippen molar-refractivity contribution in [2.24, 2.45) is 4.99 Å². The van der Waals surface area contributed by atoms with E-state index in [1.807, 2.05) is 12.1 Å². The number of allylic oxidation sites excluding steroid dienone is 1. The van der Waals surface area contributed by atoms with Gasteiger partial charge >= 0.3 is 0 Å². The third kappa shape index (κ3) is 3.25. The summed E-state index contributed by atoms with van der Waals surface area (Å²) in [4.78, 5) is 7.45. The first-order chi connectivity index (χ1) is 13.4. The van der Waals surface area contributed by atoms with Gasteiger partial charge in [0.05, 0.1) is 0 Å². The van der Waals surface area contributed by atoms with Gasteiger partial charge in [-0.15, -0.1) is 0 Å². The van der Waals surface area contributed by atoms with Gasteiger partial charge in [-0.05, 0) is 67.4 Å². The molecular weight excluding hydrogens is 334 g/mol. The number of guanidine groups is 1. The molecule has 0 bridgehead atoms. The minimum Gasteiger partial charge on any atom is -0.350 e. The number of hydrogen-bond acceptors (Lipinski definition) is 4. The largest absolute Gasteiger partial charge is 0.350 e. The second kappa shape index (κ2) is 6.99. The highest BCUT2D eigenvalue weighted by molar-refractivity contribution is 5.95. The van der Waals surface area contributed by atoms with Crippen molar-refractivity contribution in [3.05, 3.63) is 72.8 Å². The minimum absolute atomic E-state index is 0.126. The van der Waals surface area contributed by atoms with Gasteiger partial charge in [0.15, 0.2) is 0 Å². The Balaban J connectivity index is 1.33. The fraction of sp³-hybridized carbons (Fsp3) is 0.318. The van der Waals surface area contributed by atoms with E-state index in [0.29, 0.717) is 6.04 Å². The maximum atomic E-state index is 4.99. The molecule has 0 saturated heterocycles. The van der Waals surface area contributed by atoms with Crippen LogP contribution in [0.2, 0.25) is 0 Å². The Morgan fingerprint density at radius 3 is 2.59 bits per heavy atom. The molecule has 1 aromatic heterocycles. The molecule has 2 N–H and O–H groups in total. The van der Waals surface area contributed by atoms with Crippen molar-refractivity contribution < 1.29 is 0 Å². The van der Waals surface area contributed by atoms with Crippen molar-refractivity contribution in [2.45, 2.75) is 44.3 Å². The van der Waals surface area contributed by atoms with E-state index >= 15 is 0 Å². The first kappa shape index (κ1) is 16.2. The van der Waals surface area contributed by atoms with Crippen LogP contribution in [-0.2, 0) is 0 Å². The molecule has 27 heavy (non-hydrogen) atoms. The first-order valence-electron chi connectivity index (χ1n) is 9.85. The Morgan fingerprint density at radius 1 is 1.04 bits per heavy atom. The number of hydrogen-bond donors (Lipinski definition) is 2. The summed E-state index contributed by atoms with van der Waals surface area (Å²) in [7, 11) is 0. The Morgan fingerprint density at radius 2 is 1.81 bits per heavy atom. The minimum atomic E-state index is 0.126. The average Bonchev–Trinajstić information content (AvgIpc) is 3.42. The molecule has 1 saturated carbocycles. The topological polar surface area (TPSA) is 44.6 Å². The number of nitrogens with one attached hydrogen (secondary N) is 2. The number of aromatic nitrogens is 1. The normalized spacial score (nSPS) is 22.1. The van der Waals surface area contributed by atoms with E-state index in [1.165, 1.54) is 31.3 Å². The van der Waals surface area contributed by atoms with Crippen LogP contribution in [0.5, 0.6) is 0 Å². The maximum Gasteiger partial charge on any atom is 0.202 e. The van der Waals surface area contributed by atoms with Gasteiger partial charge in [-0.25, -0.2) is 4.99 Å². The number of rotatable bonds is 3. The lowest BCUT2D eigenvalue weighted by atomic mass is 10.0. The van der Waals surface area contributed by atoms with Gasteiger partial charge in [0.2, 0.25) is 5.96 Å². The number of fused-ring (bicyclic) bond motifs is 1. The standard InChI is InChI=1S/C22H25N5/c1-2-8-20(7-1)27-15-5-6-17-16-23-22(25-21(17)27)24-18-9-11-19(12-10-18)26-13-3-4-14-26/h3-5,9-16,20-21H,1-2,6-8H2,(H2,23,24,25). The number of benzene rings is 1. The van der Waals surface area contributed by atoms with Crippen LogP contribution in [0.25, 0.3) is 5.69 Å². The summed E-state index contributed by atoms with van der Waals surface area (Å²) in [6.45, 7) is 0. The average molecular weight is 359 g/mol. The lowest BCUT2D eigenvalue weighted by Crippen LogP contribution is -2.45. The molecule has 1 fully saturated rings. The van der Waals surface area contributed by atoms with Crippen molar-refractivity contribution in [2.75, 3.05) is 5.32 Å². The zero-order chi connectivity index (χ0) is 18.1. The van der Waals surface area contributed by atoms with Gasteiger partial charge in [-0.1, -0.05) is 18.9 Å². The van der Waals surface area contributed by atoms with Gasteiger partial charge in [0.1, 0.15) is 6.17 Å². The predicted octanol–water partition coefficient (Wildman–Crippen LogP) is 4.22. The van der Waals surface area contributed by atoms with Crippen molar-refractivity contribution in [1.82, 2.24) is 14.8 Å². The van der Waals surface area contributed by atoms with Crippen LogP contribution >= 0.6 is 0 Å². The van der Waals surface area contributed by atoms with Crippen LogP contribution in [0, 0.1) is 0 Å². The second-order valence-corrected chi connectivity index (χ2v) is 7.45. The summed E-state index contributed by atoms with van der Waals surface area (Å²) in [5.41, 5.74) is 3.53. The zero-order valence-electron chi connectivity index (χ0n) is 15.4. The lowest BCUT2D eigenvalue weighted by Gasteiger charge is -2.39. The molecule has 5 rings (SSSR count). The van der Waals surface area contributed by atoms with E-state index in [2.05, 4.69) is 75.2 Å². The smallest absolute Gasteiger partial charge is 0.202 e. The molecule has 1 unspecified atom stereocenters. The van der Waals surface area contributed by atoms with E-state index in [9.17, 15) is 0 Å². The molecule has 1 atom stereocenters. The third-order valence-electron chi connectivity index (χ3n) is 5.67. The van der Waals surface area contributed by atoms with E-state index in [1.54, 1.807) is 0 Å². The summed E-state index contributed by atoms with van der Waals surface area (Å²) >= 11 is 0. The second-order valence-electron chi connectivity index (χ2n) is 7.45. The summed E-state index contributed by atoms with van der Waals surface area (Å²) < 4.78 is 2.10. The molecule has 1 aromatic carbocycles. The fourth-order valence-corrected chi connectivity index (χ4v) is 4.24. The van der Waals surface area contributed by atoms with E-state index in [0.717, 1.165) is 23.8 Å². The van der Waals surface area contributed by atoms with E-state index in [4.69, 9.17) is 4.99 Å². The fourth-order valence-electron chi connectivity index (χ4n) is 4.24. The molecule has 3 aliphatic rings. The summed E-state index contributed by atoms with van der Waals surface area (Å²) in [6, 6.07) is 13.1. The quantitative estimate of drug-likeness (QED) is 0.862. The Bertz CT molecular complexity index is 870. The number of nitrogens with zero attached hydrogens (tertiary/aromatic N) is 3. The van der Waals surface area contributed by atoms with Gasteiger partial charge in [0, 0.05) is 36.0 Å². The van der Waals surface area contributed by atoms with E-state index < -0.39 is 0 Å². The van der Waals surface area contributed by atoms with E-state index in [-0.39, 0.29) is 6.17 Å². The summed E-state index contributed by atoms with van der Waals surface area (Å²) in [5, 5.41) is 6.76. The molecule has 138 valence electrons. The van der Waals surface area contributed by atoms with Crippen LogP contribution < -0.4 is 10.6 Å². The van der Waals surface area contributed by atoms with Crippen LogP contribution in [0.15, 0.2) is 77.8 Å². The molecule has 0 radical (unpaired) electrons. The maximum absolute atomic E-state index is 4.99. The number of anilines is 1. The van der Waals surface area contributed by atoms with Crippen LogP contribution in [-0.4, -0.2) is 27.6 Å². The van der Waals surface area contributed by atoms with Crippen molar-refractivity contribution >= 4 is 11.6 Å². The van der Waals surface area contributed by atoms with Gasteiger partial charge in [0.25, 0.3) is 0 Å². The summed E-state index contributed by atoms with van der Waals surface area (Å²) in [6.07, 6.45) is 17.1. The highest BCUT2D eigenvalue weighted by Gasteiger charge is 2.31. The molecule has 3 heterocycles. The molecule has 5 nitrogen and oxygen atoms in total. The molecule has 0 spiro atoms. The third-order valence-corrected chi connectivity index (χ3v) is 5.67. The molecule has 5 heteroatoms. The molecule has 2 aliphatic heterocycles. The predicted molar refractivity (Wildman–Crippen MR) is 110 cm³/mol. The van der Waals surface area contributed by atoms with Gasteiger partial charge in [-0.2, -0.15) is 0 Å². The highest BCUT2D eigenvalue weighted by Crippen LogP contribution is 2.32. The molecule has 0 amide bonds. The zero-order valence-corrected chi connectivity index (χ0v) is 15.4. The Hall–Kier alpha value is -2.95. The molecule has 2 aromatic rings. The SMILES string of the molecule is C1=CN(C2CCCC2)C2N=C(Nc3ccc(-n4cccc4)cc3)NC=C2C1. The summed E-state index contributed by atoms with van der Waals surface area (Å²) in [5.74, 6) is 0.816. The van der Waals surface area contributed by atoms with Crippen LogP contribution in [0.1, 0.15) is 32.1 Å². The molecular formula is C22H25N5. The first-order valence-corrected chi connectivity index (χ1v) is 9.85. The van der Waals surface area contributed by atoms with Crippen molar-refractivity contribution in [3.63, 3.8) is 0 Å². The number of aliphatic imine (C=N–C) groups is 1. The van der Waals surface area contributed by atoms with Crippen molar-refractivity contribution in [1.29, 1.82) is 0 Å².